The first-order chi connectivity index (χ1) is 25.7. The molecule has 4 aromatic rings. The number of nitrogens with two attached hydrogens (primary N) is 1. The lowest BCUT2D eigenvalue weighted by molar-refractivity contribution is -0.138. The number of nitrogens with one attached hydrogen (secondary N) is 1. The van der Waals surface area contributed by atoms with E-state index < -0.39 is 5.97 Å². The number of carbonyl (C=O) groups is 2. The number of rotatable bonds is 11. The minimum absolute atomic E-state index is 0.0152. The Morgan fingerprint density at radius 3 is 1.64 bits per heavy atom. The van der Waals surface area contributed by atoms with Crippen LogP contribution in [-0.2, 0) is 19.1 Å². The van der Waals surface area contributed by atoms with E-state index in [0.717, 1.165) is 55.6 Å². The lowest BCUT2D eigenvalue weighted by atomic mass is 10.1. The fourth-order valence-electron chi connectivity index (χ4n) is 6.50. The van der Waals surface area contributed by atoms with Crippen molar-refractivity contribution in [2.24, 2.45) is 17.6 Å². The summed E-state index contributed by atoms with van der Waals surface area (Å²) in [5.41, 5.74) is 10.1. The Kier molecular flexibility index (Phi) is 13.1. The van der Waals surface area contributed by atoms with E-state index in [1.54, 1.807) is 12.4 Å². The SMILES string of the molecule is C[C@H](N)c1ccc(O[C@@H]2CCOC2)nc1.C[C@H](NC(=O)[C@H]1C[C@@H]1c1ccccc1)c1ccc(O[C@@H]2CCOC2)nc1.O=C(O)[C@H]1C[C@@H]1c1ccccc1. The van der Waals surface area contributed by atoms with Gasteiger partial charge in [-0.1, -0.05) is 72.8 Å². The molecule has 4 aliphatic rings. The monoisotopic (exact) mass is 722 g/mol. The van der Waals surface area contributed by atoms with Crippen molar-refractivity contribution >= 4 is 11.9 Å². The number of amides is 1. The number of nitrogens with zero attached hydrogens (tertiary/aromatic N) is 2. The molecule has 4 N–H and O–H groups in total. The number of ether oxygens (including phenoxy) is 4. The van der Waals surface area contributed by atoms with Crippen LogP contribution in [0, 0.1) is 11.8 Å². The van der Waals surface area contributed by atoms with E-state index in [-0.39, 0.29) is 48.0 Å². The van der Waals surface area contributed by atoms with E-state index in [4.69, 9.17) is 29.8 Å². The molecule has 53 heavy (non-hydrogen) atoms. The second-order valence-electron chi connectivity index (χ2n) is 14.1. The molecule has 8 atom stereocenters. The third-order valence-electron chi connectivity index (χ3n) is 9.94. The Labute approximate surface area is 311 Å². The van der Waals surface area contributed by atoms with Crippen molar-refractivity contribution in [1.82, 2.24) is 15.3 Å². The molecule has 2 aliphatic heterocycles. The van der Waals surface area contributed by atoms with Crippen LogP contribution in [0.1, 0.15) is 85.7 Å². The Balaban J connectivity index is 0.000000150. The molecule has 11 nitrogen and oxygen atoms in total. The summed E-state index contributed by atoms with van der Waals surface area (Å²) in [6, 6.07) is 27.7. The van der Waals surface area contributed by atoms with E-state index in [0.29, 0.717) is 30.9 Å². The van der Waals surface area contributed by atoms with Crippen LogP contribution in [-0.4, -0.2) is 65.6 Å². The van der Waals surface area contributed by atoms with Crippen LogP contribution in [0.25, 0.3) is 0 Å². The molecule has 0 bridgehead atoms. The van der Waals surface area contributed by atoms with E-state index in [1.807, 2.05) is 86.6 Å². The number of carboxylic acids is 1. The number of carboxylic acid groups (broad SMARTS) is 1. The molecule has 2 aromatic heterocycles. The van der Waals surface area contributed by atoms with Gasteiger partial charge in [-0.3, -0.25) is 9.59 Å². The van der Waals surface area contributed by atoms with Gasteiger partial charge < -0.3 is 35.1 Å². The molecule has 11 heteroatoms. The zero-order chi connectivity index (χ0) is 37.2. The zero-order valence-electron chi connectivity index (χ0n) is 30.4. The molecule has 0 unspecified atom stereocenters. The maximum atomic E-state index is 12.5. The number of benzene rings is 2. The average Bonchev–Trinajstić information content (AvgIpc) is 4.05. The molecular weight excluding hydrogens is 672 g/mol. The molecule has 2 aromatic carbocycles. The number of hydrogen-bond donors (Lipinski definition) is 3. The molecule has 0 spiro atoms. The molecular formula is C42H50N4O7. The predicted octanol–water partition coefficient (Wildman–Crippen LogP) is 6.37. The highest BCUT2D eigenvalue weighted by Crippen LogP contribution is 2.48. The average molecular weight is 723 g/mol. The first kappa shape index (κ1) is 37.9. The number of aromatic nitrogens is 2. The third kappa shape index (κ3) is 11.1. The Morgan fingerprint density at radius 2 is 1.23 bits per heavy atom. The van der Waals surface area contributed by atoms with Crippen molar-refractivity contribution in [3.8, 4) is 11.8 Å². The fraction of sp³-hybridized carbons (Fsp3) is 0.429. The van der Waals surface area contributed by atoms with Crippen molar-refractivity contribution in [2.75, 3.05) is 26.4 Å². The van der Waals surface area contributed by atoms with Gasteiger partial charge in [-0.2, -0.15) is 0 Å². The van der Waals surface area contributed by atoms with Crippen LogP contribution in [0.2, 0.25) is 0 Å². The molecule has 2 saturated carbocycles. The summed E-state index contributed by atoms with van der Waals surface area (Å²) in [5.74, 6) is 1.28. The van der Waals surface area contributed by atoms with Gasteiger partial charge in [0, 0.05) is 49.3 Å². The van der Waals surface area contributed by atoms with Crippen LogP contribution in [0.3, 0.4) is 0 Å². The van der Waals surface area contributed by atoms with Crippen molar-refractivity contribution < 1.29 is 33.6 Å². The topological polar surface area (TPSA) is 155 Å². The fourth-order valence-corrected chi connectivity index (χ4v) is 6.50. The Morgan fingerprint density at radius 1 is 0.736 bits per heavy atom. The standard InChI is InChI=1S/C21H24N2O3.C11H16N2O2.C10H10O2/c1-14(16-7-8-20(22-12-16)26-17-9-10-25-13-17)23-21(24)19-11-18(19)15-5-3-2-4-6-15;1-8(12)9-2-3-11(13-6-9)15-10-4-5-14-7-10;11-10(12)9-6-8(9)7-4-2-1-3-5-7/h2-8,12,14,17-19H,9-11,13H2,1H3,(H,23,24);2-3,6,8,10H,4-5,7,12H2,1H3;1-5,8-9H,6H2,(H,11,12)/t14-,17+,18+,19-;8-,10+;8-,9+/m001/s1. The third-order valence-corrected chi connectivity index (χ3v) is 9.94. The molecule has 4 heterocycles. The second-order valence-corrected chi connectivity index (χ2v) is 14.1. The zero-order valence-corrected chi connectivity index (χ0v) is 30.4. The molecule has 2 saturated heterocycles. The van der Waals surface area contributed by atoms with Gasteiger partial charge in [-0.05, 0) is 60.8 Å². The van der Waals surface area contributed by atoms with E-state index in [9.17, 15) is 9.59 Å². The van der Waals surface area contributed by atoms with Crippen LogP contribution in [0.4, 0.5) is 0 Å². The van der Waals surface area contributed by atoms with Gasteiger partial charge in [0.05, 0.1) is 38.4 Å². The van der Waals surface area contributed by atoms with Crippen LogP contribution in [0.5, 0.6) is 11.8 Å². The van der Waals surface area contributed by atoms with Crippen LogP contribution >= 0.6 is 0 Å². The Hall–Kier alpha value is -4.84. The molecule has 1 amide bonds. The highest BCUT2D eigenvalue weighted by Gasteiger charge is 2.44. The Bertz CT molecular complexity index is 1730. The highest BCUT2D eigenvalue weighted by atomic mass is 16.6. The lowest BCUT2D eigenvalue weighted by Gasteiger charge is -2.15. The number of hydrogen-bond acceptors (Lipinski definition) is 9. The normalized spacial score (nSPS) is 25.0. The van der Waals surface area contributed by atoms with E-state index >= 15 is 0 Å². The van der Waals surface area contributed by atoms with Gasteiger partial charge in [0.25, 0.3) is 0 Å². The minimum Gasteiger partial charge on any atom is -0.481 e. The quantitative estimate of drug-likeness (QED) is 0.159. The minimum atomic E-state index is -0.663. The predicted molar refractivity (Wildman–Crippen MR) is 200 cm³/mol. The van der Waals surface area contributed by atoms with E-state index in [1.165, 1.54) is 5.56 Å². The number of carbonyl (C=O) groups excluding carboxylic acids is 1. The first-order valence-corrected chi connectivity index (χ1v) is 18.5. The number of pyridine rings is 2. The lowest BCUT2D eigenvalue weighted by Crippen LogP contribution is -2.28. The summed E-state index contributed by atoms with van der Waals surface area (Å²) in [7, 11) is 0. The van der Waals surface area contributed by atoms with Gasteiger partial charge >= 0.3 is 5.97 Å². The molecule has 2 aliphatic carbocycles. The van der Waals surface area contributed by atoms with Gasteiger partial charge in [0.1, 0.15) is 12.2 Å². The van der Waals surface area contributed by atoms with Gasteiger partial charge in [-0.15, -0.1) is 0 Å². The summed E-state index contributed by atoms with van der Waals surface area (Å²) >= 11 is 0. The maximum absolute atomic E-state index is 12.5. The molecule has 0 radical (unpaired) electrons. The van der Waals surface area contributed by atoms with Gasteiger partial charge in [-0.25, -0.2) is 9.97 Å². The van der Waals surface area contributed by atoms with Crippen molar-refractivity contribution in [1.29, 1.82) is 0 Å². The summed E-state index contributed by atoms with van der Waals surface area (Å²) in [6.45, 7) is 6.73. The maximum Gasteiger partial charge on any atom is 0.307 e. The van der Waals surface area contributed by atoms with Crippen molar-refractivity contribution in [3.05, 3.63) is 120 Å². The van der Waals surface area contributed by atoms with Crippen molar-refractivity contribution in [2.45, 2.75) is 75.7 Å². The molecule has 280 valence electrons. The highest BCUT2D eigenvalue weighted by molar-refractivity contribution is 5.83. The van der Waals surface area contributed by atoms with Gasteiger partial charge in [0.15, 0.2) is 0 Å². The largest absolute Gasteiger partial charge is 0.481 e. The summed E-state index contributed by atoms with van der Waals surface area (Å²) in [4.78, 5) is 31.6. The molecule has 8 rings (SSSR count). The smallest absolute Gasteiger partial charge is 0.307 e. The summed E-state index contributed by atoms with van der Waals surface area (Å²) < 4.78 is 21.9. The van der Waals surface area contributed by atoms with Gasteiger partial charge in [0.2, 0.25) is 17.7 Å². The summed E-state index contributed by atoms with van der Waals surface area (Å²) in [6.07, 6.45) is 7.36. The van der Waals surface area contributed by atoms with Crippen LogP contribution in [0.15, 0.2) is 97.3 Å². The number of aliphatic carboxylic acids is 1. The summed E-state index contributed by atoms with van der Waals surface area (Å²) in [5, 5.41) is 11.8. The van der Waals surface area contributed by atoms with E-state index in [2.05, 4.69) is 27.4 Å². The van der Waals surface area contributed by atoms with Crippen LogP contribution < -0.4 is 20.5 Å². The second kappa shape index (κ2) is 18.3. The van der Waals surface area contributed by atoms with Crippen molar-refractivity contribution in [3.63, 3.8) is 0 Å². The first-order valence-electron chi connectivity index (χ1n) is 18.5. The molecule has 4 fully saturated rings.